The molecule has 1 aromatic rings. The molecule has 0 saturated carbocycles. The predicted octanol–water partition coefficient (Wildman–Crippen LogP) is 6.64. The number of urea groups is 1. The Labute approximate surface area is 201 Å². The van der Waals surface area contributed by atoms with Gasteiger partial charge in [0.2, 0.25) is 0 Å². The van der Waals surface area contributed by atoms with Crippen LogP contribution in [-0.4, -0.2) is 30.3 Å². The van der Waals surface area contributed by atoms with Crippen molar-refractivity contribution in [3.05, 3.63) is 29.8 Å². The van der Waals surface area contributed by atoms with Gasteiger partial charge in [0.1, 0.15) is 5.75 Å². The van der Waals surface area contributed by atoms with E-state index < -0.39 is 0 Å². The van der Waals surface area contributed by atoms with Crippen LogP contribution in [0.4, 0.5) is 4.79 Å². The molecule has 6 heteroatoms. The summed E-state index contributed by atoms with van der Waals surface area (Å²) >= 11 is 0. The molecule has 6 nitrogen and oxygen atoms in total. The molecule has 4 N–H and O–H groups in total. The van der Waals surface area contributed by atoms with Crippen molar-refractivity contribution in [2.24, 2.45) is 0 Å². The van der Waals surface area contributed by atoms with Crippen molar-refractivity contribution in [2.45, 2.75) is 110 Å². The number of carbonyl (C=O) groups excluding carboxylic acids is 2. The molecule has 0 aliphatic carbocycles. The van der Waals surface area contributed by atoms with Gasteiger partial charge in [-0.15, -0.1) is 0 Å². The monoisotopic (exact) mass is 461 g/mol. The Kier molecular flexibility index (Phi) is 17.8. The van der Waals surface area contributed by atoms with Crippen LogP contribution in [0.5, 0.6) is 5.75 Å². The van der Waals surface area contributed by atoms with Gasteiger partial charge in [-0.05, 0) is 30.7 Å². The summed E-state index contributed by atoms with van der Waals surface area (Å²) in [7, 11) is 0. The number of benzene rings is 1. The van der Waals surface area contributed by atoms with Crippen LogP contribution >= 0.6 is 0 Å². The third kappa shape index (κ3) is 17.0. The van der Waals surface area contributed by atoms with Gasteiger partial charge in [-0.1, -0.05) is 103 Å². The van der Waals surface area contributed by atoms with Gasteiger partial charge in [0, 0.05) is 12.1 Å². The molecule has 0 aliphatic rings. The first-order valence-corrected chi connectivity index (χ1v) is 13.2. The highest BCUT2D eigenvalue weighted by Gasteiger charge is 2.05. The number of aromatic hydroxyl groups is 1. The third-order valence-electron chi connectivity index (χ3n) is 5.94. The van der Waals surface area contributed by atoms with Gasteiger partial charge in [-0.3, -0.25) is 4.79 Å². The number of carbonyl (C=O) groups is 2. The van der Waals surface area contributed by atoms with Gasteiger partial charge in [0.05, 0.1) is 6.67 Å². The maximum absolute atomic E-state index is 11.9. The van der Waals surface area contributed by atoms with E-state index >= 15 is 0 Å². The number of phenolic OH excluding ortho intramolecular Hbond substituents is 1. The van der Waals surface area contributed by atoms with E-state index in [-0.39, 0.29) is 24.4 Å². The third-order valence-corrected chi connectivity index (χ3v) is 5.94. The molecule has 0 radical (unpaired) electrons. The second-order valence-corrected chi connectivity index (χ2v) is 8.97. The Morgan fingerprint density at radius 1 is 0.636 bits per heavy atom. The van der Waals surface area contributed by atoms with E-state index in [4.69, 9.17) is 0 Å². The molecule has 188 valence electrons. The van der Waals surface area contributed by atoms with E-state index in [2.05, 4.69) is 22.9 Å². The van der Waals surface area contributed by atoms with Crippen molar-refractivity contribution >= 4 is 11.9 Å². The van der Waals surface area contributed by atoms with E-state index in [1.54, 1.807) is 0 Å². The van der Waals surface area contributed by atoms with Crippen LogP contribution in [0.2, 0.25) is 0 Å². The van der Waals surface area contributed by atoms with E-state index in [0.29, 0.717) is 12.1 Å². The lowest BCUT2D eigenvalue weighted by Crippen LogP contribution is -2.42. The molecule has 3 amide bonds. The fourth-order valence-corrected chi connectivity index (χ4v) is 3.86. The molecule has 0 fully saturated rings. The van der Waals surface area contributed by atoms with E-state index in [1.807, 2.05) is 0 Å². The summed E-state index contributed by atoms with van der Waals surface area (Å²) in [6.45, 7) is 2.98. The minimum atomic E-state index is -0.298. The number of rotatable bonds is 20. The maximum Gasteiger partial charge on any atom is 0.316 e. The highest BCUT2D eigenvalue weighted by Crippen LogP contribution is 2.13. The molecule has 0 spiro atoms. The average Bonchev–Trinajstić information content (AvgIpc) is 2.81. The van der Waals surface area contributed by atoms with E-state index in [0.717, 1.165) is 12.8 Å². The van der Waals surface area contributed by atoms with Crippen molar-refractivity contribution in [1.82, 2.24) is 16.0 Å². The summed E-state index contributed by atoms with van der Waals surface area (Å²) < 4.78 is 0. The summed E-state index contributed by atoms with van der Waals surface area (Å²) in [4.78, 5) is 23.7. The smallest absolute Gasteiger partial charge is 0.316 e. The van der Waals surface area contributed by atoms with Crippen molar-refractivity contribution in [3.8, 4) is 5.75 Å². The molecule has 1 rings (SSSR count). The number of amides is 3. The van der Waals surface area contributed by atoms with Crippen LogP contribution in [0.3, 0.4) is 0 Å². The Morgan fingerprint density at radius 3 is 1.58 bits per heavy atom. The first-order chi connectivity index (χ1) is 16.1. The van der Waals surface area contributed by atoms with Crippen molar-refractivity contribution < 1.29 is 14.7 Å². The molecule has 0 aromatic heterocycles. The number of unbranched alkanes of at least 4 members (excludes halogenated alkanes) is 15. The highest BCUT2D eigenvalue weighted by molar-refractivity contribution is 5.94. The molecule has 0 heterocycles. The van der Waals surface area contributed by atoms with E-state index in [9.17, 15) is 14.7 Å². The predicted molar refractivity (Wildman–Crippen MR) is 137 cm³/mol. The molecule has 0 unspecified atom stereocenters. The lowest BCUT2D eigenvalue weighted by Gasteiger charge is -2.09. The summed E-state index contributed by atoms with van der Waals surface area (Å²) in [5.41, 5.74) is 0.433. The first-order valence-electron chi connectivity index (χ1n) is 13.2. The first kappa shape index (κ1) is 28.8. The lowest BCUT2D eigenvalue weighted by atomic mass is 10.0. The Morgan fingerprint density at radius 2 is 1.09 bits per heavy atom. The number of phenols is 1. The van der Waals surface area contributed by atoms with Crippen LogP contribution in [0.25, 0.3) is 0 Å². The fraction of sp³-hybridized carbons (Fsp3) is 0.704. The van der Waals surface area contributed by atoms with Crippen LogP contribution in [0, 0.1) is 0 Å². The van der Waals surface area contributed by atoms with Gasteiger partial charge < -0.3 is 21.1 Å². The summed E-state index contributed by atoms with van der Waals surface area (Å²) in [6.07, 6.45) is 21.3. The Hall–Kier alpha value is -2.24. The van der Waals surface area contributed by atoms with E-state index in [1.165, 1.54) is 114 Å². The molecule has 0 saturated heterocycles. The SMILES string of the molecule is CCCCCCCCCCCCCCCCCCNC(=O)NCNC(=O)c1ccc(O)cc1. The lowest BCUT2D eigenvalue weighted by molar-refractivity contribution is 0.0952. The molecule has 33 heavy (non-hydrogen) atoms. The van der Waals surface area contributed by atoms with Gasteiger partial charge in [-0.25, -0.2) is 4.79 Å². The molecule has 0 aliphatic heterocycles. The minimum Gasteiger partial charge on any atom is -0.508 e. The Bertz CT molecular complexity index is 620. The number of hydrogen-bond donors (Lipinski definition) is 4. The van der Waals surface area contributed by atoms with Crippen LogP contribution in [-0.2, 0) is 0 Å². The van der Waals surface area contributed by atoms with Crippen molar-refractivity contribution in [1.29, 1.82) is 0 Å². The maximum atomic E-state index is 11.9. The van der Waals surface area contributed by atoms with Crippen molar-refractivity contribution in [3.63, 3.8) is 0 Å². The van der Waals surface area contributed by atoms with Gasteiger partial charge in [0.15, 0.2) is 0 Å². The second-order valence-electron chi connectivity index (χ2n) is 8.97. The summed E-state index contributed by atoms with van der Waals surface area (Å²) in [5.74, 6) is -0.189. The van der Waals surface area contributed by atoms with Crippen molar-refractivity contribution in [2.75, 3.05) is 13.2 Å². The fourth-order valence-electron chi connectivity index (χ4n) is 3.86. The Balaban J connectivity index is 1.81. The minimum absolute atomic E-state index is 0.0600. The summed E-state index contributed by atoms with van der Waals surface area (Å²) in [5, 5.41) is 17.3. The van der Waals surface area contributed by atoms with Crippen LogP contribution in [0.15, 0.2) is 24.3 Å². The molecular formula is C27H47N3O3. The standard InChI is InChI=1S/C27H47N3O3/c1-2-3-4-5-6-7-8-9-10-11-12-13-14-15-16-17-22-28-27(33)30-23-29-26(32)24-18-20-25(31)21-19-24/h18-21,31H,2-17,22-23H2,1H3,(H,29,32)(H2,28,30,33). The zero-order valence-electron chi connectivity index (χ0n) is 20.8. The highest BCUT2D eigenvalue weighted by atomic mass is 16.3. The number of hydrogen-bond acceptors (Lipinski definition) is 3. The van der Waals surface area contributed by atoms with Crippen LogP contribution < -0.4 is 16.0 Å². The van der Waals surface area contributed by atoms with Gasteiger partial charge in [-0.2, -0.15) is 0 Å². The van der Waals surface area contributed by atoms with Gasteiger partial charge >= 0.3 is 6.03 Å². The quantitative estimate of drug-likeness (QED) is 0.130. The zero-order chi connectivity index (χ0) is 24.0. The molecule has 1 aromatic carbocycles. The normalized spacial score (nSPS) is 10.7. The second kappa shape index (κ2) is 20.4. The van der Waals surface area contributed by atoms with Crippen LogP contribution in [0.1, 0.15) is 120 Å². The van der Waals surface area contributed by atoms with Gasteiger partial charge in [0.25, 0.3) is 5.91 Å². The average molecular weight is 462 g/mol. The molecule has 0 atom stereocenters. The molecular weight excluding hydrogens is 414 g/mol. The largest absolute Gasteiger partial charge is 0.508 e. The topological polar surface area (TPSA) is 90.5 Å². The molecule has 0 bridgehead atoms. The summed E-state index contributed by atoms with van der Waals surface area (Å²) in [6, 6.07) is 5.69. The number of nitrogens with one attached hydrogen (secondary N) is 3. The zero-order valence-corrected chi connectivity index (χ0v) is 20.8.